The Morgan fingerprint density at radius 1 is 0.690 bits per heavy atom. The van der Waals surface area contributed by atoms with Crippen molar-refractivity contribution in [1.29, 1.82) is 0 Å². The van der Waals surface area contributed by atoms with Crippen molar-refractivity contribution in [2.75, 3.05) is 33.0 Å². The zero-order valence-electron chi connectivity index (χ0n) is 19.0. The van der Waals surface area contributed by atoms with Crippen LogP contribution >= 0.6 is 8.00 Å². The Labute approximate surface area is 180 Å². The van der Waals surface area contributed by atoms with Gasteiger partial charge in [-0.3, -0.25) is 0 Å². The lowest BCUT2D eigenvalue weighted by atomic mass is 9.93. The summed E-state index contributed by atoms with van der Waals surface area (Å²) < 4.78 is 10.8. The highest BCUT2D eigenvalue weighted by atomic mass is 31.1. The molecule has 0 amide bonds. The number of hydrogen-bond acceptors (Lipinski definition) is 5. The molecule has 1 unspecified atom stereocenters. The lowest BCUT2D eigenvalue weighted by Crippen LogP contribution is -2.39. The first kappa shape index (κ1) is 29.1. The van der Waals surface area contributed by atoms with Gasteiger partial charge in [-0.15, -0.1) is 0 Å². The van der Waals surface area contributed by atoms with Gasteiger partial charge < -0.3 is 24.4 Å². The second-order valence-corrected chi connectivity index (χ2v) is 9.58. The van der Waals surface area contributed by atoms with Gasteiger partial charge in [0.2, 0.25) is 0 Å². The largest absolute Gasteiger partial charge is 0.396 e. The van der Waals surface area contributed by atoms with Crippen LogP contribution < -0.4 is 0 Å². The van der Waals surface area contributed by atoms with E-state index in [9.17, 15) is 15.1 Å². The maximum Gasteiger partial charge on any atom is 0.102 e. The Morgan fingerprint density at radius 3 is 1.48 bits per heavy atom. The van der Waals surface area contributed by atoms with Gasteiger partial charge in [0.1, 0.15) is 8.00 Å². The van der Waals surface area contributed by atoms with E-state index in [1.54, 1.807) is 0 Å². The highest BCUT2D eigenvalue weighted by molar-refractivity contribution is 7.44. The SMILES string of the molecule is C=[PH](O)OCC(CO)(CO)COCCCCCCCCCCCCCCCCC. The van der Waals surface area contributed by atoms with E-state index in [4.69, 9.17) is 9.26 Å². The summed E-state index contributed by atoms with van der Waals surface area (Å²) in [6.45, 7) is 2.71. The van der Waals surface area contributed by atoms with Crippen LogP contribution in [0.1, 0.15) is 103 Å². The molecular weight excluding hydrogens is 387 g/mol. The molecule has 0 aliphatic heterocycles. The lowest BCUT2D eigenvalue weighted by molar-refractivity contribution is -0.0514. The molecular formula is C23H49O5P. The zero-order chi connectivity index (χ0) is 21.6. The van der Waals surface area contributed by atoms with Gasteiger partial charge in [0, 0.05) is 6.61 Å². The van der Waals surface area contributed by atoms with E-state index in [1.165, 1.54) is 83.5 Å². The smallest absolute Gasteiger partial charge is 0.102 e. The molecule has 0 aromatic rings. The minimum absolute atomic E-state index is 0.0627. The second kappa shape index (κ2) is 21.3. The van der Waals surface area contributed by atoms with Gasteiger partial charge in [0.05, 0.1) is 31.8 Å². The summed E-state index contributed by atoms with van der Waals surface area (Å²) in [6, 6.07) is 0. The molecule has 29 heavy (non-hydrogen) atoms. The van der Waals surface area contributed by atoms with Gasteiger partial charge in [-0.2, -0.15) is 0 Å². The topological polar surface area (TPSA) is 79.2 Å². The molecule has 0 radical (unpaired) electrons. The predicted octanol–water partition coefficient (Wildman–Crippen LogP) is 5.33. The average Bonchev–Trinajstić information content (AvgIpc) is 2.72. The molecule has 176 valence electrons. The van der Waals surface area contributed by atoms with E-state index >= 15 is 0 Å². The number of ether oxygens (including phenoxy) is 1. The molecule has 0 aromatic heterocycles. The van der Waals surface area contributed by atoms with E-state index < -0.39 is 13.4 Å². The molecule has 3 N–H and O–H groups in total. The third-order valence-electron chi connectivity index (χ3n) is 5.52. The van der Waals surface area contributed by atoms with Gasteiger partial charge in [0.25, 0.3) is 0 Å². The molecule has 0 aliphatic rings. The molecule has 0 heterocycles. The van der Waals surface area contributed by atoms with E-state index in [-0.39, 0.29) is 26.4 Å². The third kappa shape index (κ3) is 18.6. The van der Waals surface area contributed by atoms with Crippen molar-refractivity contribution in [3.63, 3.8) is 0 Å². The predicted molar refractivity (Wildman–Crippen MR) is 126 cm³/mol. The lowest BCUT2D eigenvalue weighted by Gasteiger charge is -2.29. The van der Waals surface area contributed by atoms with Crippen LogP contribution in [0.25, 0.3) is 0 Å². The summed E-state index contributed by atoms with van der Waals surface area (Å²) in [5, 5.41) is 19.0. The molecule has 0 fully saturated rings. The zero-order valence-corrected chi connectivity index (χ0v) is 20.0. The molecule has 0 aromatic carbocycles. The summed E-state index contributed by atoms with van der Waals surface area (Å²) in [5.74, 6) is 0. The molecule has 0 saturated heterocycles. The fourth-order valence-electron chi connectivity index (χ4n) is 3.37. The van der Waals surface area contributed by atoms with Crippen LogP contribution in [-0.2, 0) is 9.26 Å². The number of unbranched alkanes of at least 4 members (excludes halogenated alkanes) is 14. The Balaban J connectivity index is 3.41. The number of hydrogen-bond donors (Lipinski definition) is 3. The maximum atomic E-state index is 9.51. The Morgan fingerprint density at radius 2 is 1.10 bits per heavy atom. The van der Waals surface area contributed by atoms with Crippen molar-refractivity contribution >= 4 is 14.3 Å². The van der Waals surface area contributed by atoms with Crippen LogP contribution in [0.15, 0.2) is 0 Å². The Kier molecular flexibility index (Phi) is 21.4. The normalized spacial score (nSPS) is 13.1. The summed E-state index contributed by atoms with van der Waals surface area (Å²) in [4.78, 5) is 9.19. The van der Waals surface area contributed by atoms with Gasteiger partial charge in [-0.05, 0) is 6.42 Å². The highest BCUT2D eigenvalue weighted by Crippen LogP contribution is 2.24. The minimum Gasteiger partial charge on any atom is -0.396 e. The number of rotatable bonds is 23. The van der Waals surface area contributed by atoms with E-state index in [0.717, 1.165) is 12.8 Å². The molecule has 0 rings (SSSR count). The third-order valence-corrected chi connectivity index (χ3v) is 5.99. The summed E-state index contributed by atoms with van der Waals surface area (Å²) >= 11 is 0. The monoisotopic (exact) mass is 436 g/mol. The van der Waals surface area contributed by atoms with Crippen LogP contribution in [0.5, 0.6) is 0 Å². The molecule has 6 heteroatoms. The Bertz CT molecular complexity index is 361. The average molecular weight is 437 g/mol. The summed E-state index contributed by atoms with van der Waals surface area (Å²) in [6.07, 6.45) is 23.4. The minimum atomic E-state index is -2.08. The number of aliphatic hydroxyl groups is 2. The molecule has 0 saturated carbocycles. The first-order chi connectivity index (χ1) is 14.1. The Hall–Kier alpha value is 0.100. The van der Waals surface area contributed by atoms with Crippen molar-refractivity contribution in [3.8, 4) is 0 Å². The van der Waals surface area contributed by atoms with Crippen molar-refractivity contribution in [3.05, 3.63) is 0 Å². The molecule has 0 bridgehead atoms. The second-order valence-electron chi connectivity index (χ2n) is 8.50. The first-order valence-corrected chi connectivity index (χ1v) is 13.5. The van der Waals surface area contributed by atoms with Crippen LogP contribution in [0.3, 0.4) is 0 Å². The van der Waals surface area contributed by atoms with Crippen LogP contribution in [0.4, 0.5) is 0 Å². The first-order valence-electron chi connectivity index (χ1n) is 11.9. The molecule has 1 atom stereocenters. The quantitative estimate of drug-likeness (QED) is 0.149. The van der Waals surface area contributed by atoms with Crippen LogP contribution in [0.2, 0.25) is 0 Å². The van der Waals surface area contributed by atoms with Crippen molar-refractivity contribution in [2.24, 2.45) is 5.41 Å². The van der Waals surface area contributed by atoms with Gasteiger partial charge in [-0.25, -0.2) is 0 Å². The number of aliphatic hydroxyl groups excluding tert-OH is 2. The van der Waals surface area contributed by atoms with Gasteiger partial charge in [0.15, 0.2) is 0 Å². The summed E-state index contributed by atoms with van der Waals surface area (Å²) in [7, 11) is -2.08. The van der Waals surface area contributed by atoms with Crippen LogP contribution in [-0.4, -0.2) is 54.4 Å². The van der Waals surface area contributed by atoms with Gasteiger partial charge in [-0.1, -0.05) is 103 Å². The van der Waals surface area contributed by atoms with E-state index in [1.807, 2.05) is 0 Å². The van der Waals surface area contributed by atoms with Gasteiger partial charge >= 0.3 is 0 Å². The standard InChI is InChI=1S/C23H49O5P/c1-3-4-5-6-7-8-9-10-11-12-13-14-15-16-17-18-27-21-23(19-24,20-25)22-28-29(2)26/h24-26,29H,2-22H2,1H3. The van der Waals surface area contributed by atoms with Crippen molar-refractivity contribution in [2.45, 2.75) is 103 Å². The summed E-state index contributed by atoms with van der Waals surface area (Å²) in [5.41, 5.74) is -0.855. The van der Waals surface area contributed by atoms with Crippen molar-refractivity contribution in [1.82, 2.24) is 0 Å². The molecule has 0 aliphatic carbocycles. The maximum absolute atomic E-state index is 9.51. The van der Waals surface area contributed by atoms with E-state index in [2.05, 4.69) is 13.2 Å². The highest BCUT2D eigenvalue weighted by Gasteiger charge is 2.30. The van der Waals surface area contributed by atoms with Crippen LogP contribution in [0, 0.1) is 5.41 Å². The van der Waals surface area contributed by atoms with E-state index in [0.29, 0.717) is 6.61 Å². The fraction of sp³-hybridized carbons (Fsp3) is 0.957. The molecule has 0 spiro atoms. The molecule has 5 nitrogen and oxygen atoms in total. The fourth-order valence-corrected chi connectivity index (χ4v) is 3.85. The van der Waals surface area contributed by atoms with Crippen molar-refractivity contribution < 1.29 is 24.4 Å².